The lowest BCUT2D eigenvalue weighted by molar-refractivity contribution is -0.147. The smallest absolute Gasteiger partial charge is 0.251 e. The van der Waals surface area contributed by atoms with Crippen molar-refractivity contribution in [1.82, 2.24) is 14.7 Å². The van der Waals surface area contributed by atoms with Gasteiger partial charge in [0.2, 0.25) is 11.8 Å². The Morgan fingerprint density at radius 1 is 1.00 bits per heavy atom. The Bertz CT molecular complexity index is 740. The van der Waals surface area contributed by atoms with Crippen LogP contribution in [0, 0.1) is 5.92 Å². The zero-order chi connectivity index (χ0) is 20.2. The molecule has 156 valence electrons. The fraction of sp³-hybridized carbons (Fsp3) is 0.591. The molecule has 0 aliphatic carbocycles. The number of nitrogens with zero attached hydrogens (tertiary/aromatic N) is 3. The minimum absolute atomic E-state index is 0.0461. The van der Waals surface area contributed by atoms with Crippen LogP contribution >= 0.6 is 0 Å². The lowest BCUT2D eigenvalue weighted by Gasteiger charge is -2.36. The summed E-state index contributed by atoms with van der Waals surface area (Å²) in [7, 11) is 0. The van der Waals surface area contributed by atoms with Gasteiger partial charge < -0.3 is 19.4 Å². The Balaban J connectivity index is 1.25. The second-order valence-corrected chi connectivity index (χ2v) is 8.13. The minimum atomic E-state index is -0.303. The quantitative estimate of drug-likeness (QED) is 0.739. The number of hydrogen-bond donors (Lipinski definition) is 0. The first-order valence-corrected chi connectivity index (χ1v) is 10.6. The van der Waals surface area contributed by atoms with E-state index in [-0.39, 0.29) is 29.7 Å². The Hall–Kier alpha value is -2.41. The van der Waals surface area contributed by atoms with Crippen molar-refractivity contribution in [3.63, 3.8) is 0 Å². The molecule has 7 heteroatoms. The molecular weight excluding hydrogens is 370 g/mol. The zero-order valence-corrected chi connectivity index (χ0v) is 16.8. The molecule has 0 aromatic heterocycles. The molecule has 3 aliphatic rings. The number of likely N-dealkylation sites (tertiary alicyclic amines) is 1. The van der Waals surface area contributed by atoms with E-state index in [1.807, 2.05) is 32.9 Å². The molecule has 4 rings (SSSR count). The second kappa shape index (κ2) is 8.95. The van der Waals surface area contributed by atoms with E-state index in [1.54, 1.807) is 0 Å². The van der Waals surface area contributed by atoms with Crippen molar-refractivity contribution < 1.29 is 19.1 Å². The van der Waals surface area contributed by atoms with Gasteiger partial charge in [-0.25, -0.2) is 0 Å². The molecular formula is C22H29N3O4. The van der Waals surface area contributed by atoms with Gasteiger partial charge in [0.15, 0.2) is 0 Å². The fourth-order valence-electron chi connectivity index (χ4n) is 4.44. The molecule has 0 radical (unpaired) electrons. The van der Waals surface area contributed by atoms with Crippen molar-refractivity contribution in [1.29, 1.82) is 0 Å². The topological polar surface area (TPSA) is 70.2 Å². The van der Waals surface area contributed by atoms with Crippen molar-refractivity contribution in [2.75, 3.05) is 45.9 Å². The third-order valence-electron chi connectivity index (χ3n) is 6.19. The monoisotopic (exact) mass is 399 g/mol. The number of piperazine rings is 1. The average molecular weight is 399 g/mol. The highest BCUT2D eigenvalue weighted by atomic mass is 16.5. The summed E-state index contributed by atoms with van der Waals surface area (Å²) in [4.78, 5) is 43.2. The third-order valence-corrected chi connectivity index (χ3v) is 6.19. The normalized spacial score (nSPS) is 25.0. The van der Waals surface area contributed by atoms with Crippen LogP contribution in [-0.4, -0.2) is 84.4 Å². The third kappa shape index (κ3) is 4.61. The molecule has 3 fully saturated rings. The van der Waals surface area contributed by atoms with Gasteiger partial charge in [0, 0.05) is 52.3 Å². The Labute approximate surface area is 171 Å². The molecule has 7 nitrogen and oxygen atoms in total. The lowest BCUT2D eigenvalue weighted by Crippen LogP contribution is -2.54. The van der Waals surface area contributed by atoms with E-state index >= 15 is 0 Å². The van der Waals surface area contributed by atoms with Crippen LogP contribution in [0.2, 0.25) is 0 Å². The predicted octanol–water partition coefficient (Wildman–Crippen LogP) is 0.927. The predicted molar refractivity (Wildman–Crippen MR) is 107 cm³/mol. The molecule has 0 saturated carbocycles. The van der Waals surface area contributed by atoms with E-state index in [1.165, 1.54) is 5.56 Å². The fourth-order valence-corrected chi connectivity index (χ4v) is 4.44. The summed E-state index contributed by atoms with van der Waals surface area (Å²) in [5.41, 5.74) is 1.20. The SMILES string of the molecule is O=C1C[C@@H](C(=O)N2CCN(C(=O)[C@H]3CCCO3)CC2)CN1CCc1ccccc1. The van der Waals surface area contributed by atoms with Crippen molar-refractivity contribution in [2.45, 2.75) is 31.8 Å². The summed E-state index contributed by atoms with van der Waals surface area (Å²) in [6.07, 6.45) is 2.52. The minimum Gasteiger partial charge on any atom is -0.368 e. The van der Waals surface area contributed by atoms with Crippen LogP contribution in [0.25, 0.3) is 0 Å². The molecule has 29 heavy (non-hydrogen) atoms. The first-order chi connectivity index (χ1) is 14.1. The van der Waals surface area contributed by atoms with Gasteiger partial charge in [-0.2, -0.15) is 0 Å². The molecule has 2 atom stereocenters. The molecule has 3 aliphatic heterocycles. The summed E-state index contributed by atoms with van der Waals surface area (Å²) < 4.78 is 5.49. The molecule has 3 heterocycles. The van der Waals surface area contributed by atoms with E-state index < -0.39 is 0 Å². The van der Waals surface area contributed by atoms with Gasteiger partial charge in [-0.1, -0.05) is 30.3 Å². The molecule has 0 bridgehead atoms. The van der Waals surface area contributed by atoms with Crippen LogP contribution in [0.4, 0.5) is 0 Å². The first kappa shape index (κ1) is 19.9. The van der Waals surface area contributed by atoms with Crippen molar-refractivity contribution in [2.24, 2.45) is 5.92 Å². The van der Waals surface area contributed by atoms with Gasteiger partial charge in [0.1, 0.15) is 6.10 Å². The van der Waals surface area contributed by atoms with E-state index in [4.69, 9.17) is 4.74 Å². The van der Waals surface area contributed by atoms with Crippen molar-refractivity contribution in [3.8, 4) is 0 Å². The summed E-state index contributed by atoms with van der Waals surface area (Å²) in [6.45, 7) is 3.96. The number of ether oxygens (including phenoxy) is 1. The number of amides is 3. The Kier molecular flexibility index (Phi) is 6.13. The number of benzene rings is 1. The second-order valence-electron chi connectivity index (χ2n) is 8.13. The molecule has 0 N–H and O–H groups in total. The zero-order valence-electron chi connectivity index (χ0n) is 16.8. The van der Waals surface area contributed by atoms with Crippen molar-refractivity contribution >= 4 is 17.7 Å². The lowest BCUT2D eigenvalue weighted by atomic mass is 10.1. The van der Waals surface area contributed by atoms with Crippen LogP contribution in [0.15, 0.2) is 30.3 Å². The Morgan fingerprint density at radius 3 is 2.34 bits per heavy atom. The highest BCUT2D eigenvalue weighted by Gasteiger charge is 2.38. The highest BCUT2D eigenvalue weighted by molar-refractivity contribution is 5.89. The van der Waals surface area contributed by atoms with Gasteiger partial charge in [-0.05, 0) is 24.8 Å². The van der Waals surface area contributed by atoms with Gasteiger partial charge in [-0.15, -0.1) is 0 Å². The molecule has 0 spiro atoms. The van der Waals surface area contributed by atoms with E-state index in [0.29, 0.717) is 52.3 Å². The van der Waals surface area contributed by atoms with E-state index in [0.717, 1.165) is 19.3 Å². The average Bonchev–Trinajstić information content (AvgIpc) is 3.42. The largest absolute Gasteiger partial charge is 0.368 e. The molecule has 3 amide bonds. The number of carbonyl (C=O) groups excluding carboxylic acids is 3. The first-order valence-electron chi connectivity index (χ1n) is 10.6. The molecule has 0 unspecified atom stereocenters. The standard InChI is InChI=1S/C22H29N3O4/c26-20-15-18(16-25(20)9-8-17-5-2-1-3-6-17)21(27)23-10-12-24(13-11-23)22(28)19-7-4-14-29-19/h1-3,5-6,18-19H,4,7-16H2/t18-,19-/m1/s1. The Morgan fingerprint density at radius 2 is 1.69 bits per heavy atom. The van der Waals surface area contributed by atoms with Crippen LogP contribution in [0.1, 0.15) is 24.8 Å². The molecule has 1 aromatic rings. The van der Waals surface area contributed by atoms with Gasteiger partial charge >= 0.3 is 0 Å². The maximum Gasteiger partial charge on any atom is 0.251 e. The number of carbonyl (C=O) groups is 3. The van der Waals surface area contributed by atoms with Gasteiger partial charge in [0.05, 0.1) is 5.92 Å². The van der Waals surface area contributed by atoms with Gasteiger partial charge in [-0.3, -0.25) is 14.4 Å². The van der Waals surface area contributed by atoms with E-state index in [9.17, 15) is 14.4 Å². The van der Waals surface area contributed by atoms with E-state index in [2.05, 4.69) is 12.1 Å². The number of hydrogen-bond acceptors (Lipinski definition) is 4. The maximum atomic E-state index is 12.9. The maximum absolute atomic E-state index is 12.9. The number of rotatable bonds is 5. The van der Waals surface area contributed by atoms with Crippen LogP contribution in [-0.2, 0) is 25.5 Å². The highest BCUT2D eigenvalue weighted by Crippen LogP contribution is 2.22. The summed E-state index contributed by atoms with van der Waals surface area (Å²) in [6, 6.07) is 10.1. The van der Waals surface area contributed by atoms with Crippen LogP contribution < -0.4 is 0 Å². The summed E-state index contributed by atoms with van der Waals surface area (Å²) in [5.74, 6) is -0.104. The van der Waals surface area contributed by atoms with Crippen LogP contribution in [0.5, 0.6) is 0 Å². The molecule has 3 saturated heterocycles. The molecule has 1 aromatic carbocycles. The van der Waals surface area contributed by atoms with Gasteiger partial charge in [0.25, 0.3) is 5.91 Å². The summed E-state index contributed by atoms with van der Waals surface area (Å²) >= 11 is 0. The van der Waals surface area contributed by atoms with Crippen LogP contribution in [0.3, 0.4) is 0 Å². The summed E-state index contributed by atoms with van der Waals surface area (Å²) in [5, 5.41) is 0. The van der Waals surface area contributed by atoms with Crippen molar-refractivity contribution in [3.05, 3.63) is 35.9 Å².